The van der Waals surface area contributed by atoms with Gasteiger partial charge in [0.25, 0.3) is 0 Å². The molecule has 0 atom stereocenters. The summed E-state index contributed by atoms with van der Waals surface area (Å²) in [7, 11) is 0. The molecule has 2 aliphatic heterocycles. The number of ketones is 1. The van der Waals surface area contributed by atoms with E-state index < -0.39 is 0 Å². The molecule has 0 aliphatic carbocycles. The quantitative estimate of drug-likeness (QED) is 0.648. The number of piperazine rings is 1. The van der Waals surface area contributed by atoms with Gasteiger partial charge >= 0.3 is 0 Å². The molecule has 0 spiro atoms. The highest BCUT2D eigenvalue weighted by molar-refractivity contribution is 6.06. The Morgan fingerprint density at radius 1 is 0.933 bits per heavy atom. The van der Waals surface area contributed by atoms with Gasteiger partial charge in [-0.1, -0.05) is 18.2 Å². The number of hydrogen-bond donors (Lipinski definition) is 0. The Labute approximate surface area is 178 Å². The molecule has 7 heteroatoms. The second kappa shape index (κ2) is 9.73. The van der Waals surface area contributed by atoms with Crippen LogP contribution in [0.1, 0.15) is 23.7 Å². The van der Waals surface area contributed by atoms with E-state index in [9.17, 15) is 9.59 Å². The van der Waals surface area contributed by atoms with E-state index in [0.29, 0.717) is 19.8 Å². The van der Waals surface area contributed by atoms with E-state index in [1.165, 1.54) is 0 Å². The van der Waals surface area contributed by atoms with E-state index >= 15 is 0 Å². The molecule has 3 heterocycles. The number of benzene rings is 1. The minimum Gasteiger partial charge on any atom is -0.378 e. The maximum Gasteiger partial charge on any atom is 0.236 e. The summed E-state index contributed by atoms with van der Waals surface area (Å²) in [5.74, 6) is 0.347. The van der Waals surface area contributed by atoms with Crippen LogP contribution >= 0.6 is 0 Å². The van der Waals surface area contributed by atoms with Crippen LogP contribution in [0.25, 0.3) is 10.9 Å². The number of fused-ring (bicyclic) bond motifs is 1. The molecule has 0 bridgehead atoms. The van der Waals surface area contributed by atoms with E-state index in [4.69, 9.17) is 4.74 Å². The summed E-state index contributed by atoms with van der Waals surface area (Å²) in [6.45, 7) is 10.7. The van der Waals surface area contributed by atoms with Gasteiger partial charge in [-0.2, -0.15) is 0 Å². The topological polar surface area (TPSA) is 58.0 Å². The van der Waals surface area contributed by atoms with Crippen molar-refractivity contribution in [3.05, 3.63) is 36.0 Å². The SMILES string of the molecule is CC(=O)c1cn(CCCN2CCN(CC(=O)N3CCOCC3)CC2)c2ccccc12. The predicted molar refractivity (Wildman–Crippen MR) is 117 cm³/mol. The van der Waals surface area contributed by atoms with Crippen LogP contribution in [-0.4, -0.2) is 96.5 Å². The molecule has 0 saturated carbocycles. The number of nitrogens with zero attached hydrogens (tertiary/aromatic N) is 4. The number of aryl methyl sites for hydroxylation is 1. The summed E-state index contributed by atoms with van der Waals surface area (Å²) in [5, 5.41) is 1.04. The molecule has 1 aromatic carbocycles. The Morgan fingerprint density at radius 3 is 2.37 bits per heavy atom. The van der Waals surface area contributed by atoms with Crippen LogP contribution in [0, 0.1) is 0 Å². The predicted octanol–water partition coefficient (Wildman–Crippen LogP) is 1.71. The zero-order valence-corrected chi connectivity index (χ0v) is 17.9. The molecule has 2 aliphatic rings. The minimum absolute atomic E-state index is 0.118. The molecule has 1 aromatic heterocycles. The fraction of sp³-hybridized carbons (Fsp3) is 0.565. The van der Waals surface area contributed by atoms with Gasteiger partial charge in [-0.3, -0.25) is 14.5 Å². The fourth-order valence-corrected chi connectivity index (χ4v) is 4.45. The molecule has 2 aromatic rings. The molecule has 0 N–H and O–H groups in total. The summed E-state index contributed by atoms with van der Waals surface area (Å²) >= 11 is 0. The number of carbonyl (C=O) groups is 2. The third-order valence-electron chi connectivity index (χ3n) is 6.23. The lowest BCUT2D eigenvalue weighted by atomic mass is 10.1. The molecule has 30 heavy (non-hydrogen) atoms. The Morgan fingerprint density at radius 2 is 1.63 bits per heavy atom. The smallest absolute Gasteiger partial charge is 0.236 e. The van der Waals surface area contributed by atoms with Crippen molar-refractivity contribution < 1.29 is 14.3 Å². The van der Waals surface area contributed by atoms with Gasteiger partial charge in [-0.15, -0.1) is 0 Å². The molecule has 162 valence electrons. The second-order valence-corrected chi connectivity index (χ2v) is 8.27. The average Bonchev–Trinajstić information content (AvgIpc) is 3.15. The number of para-hydroxylation sites is 1. The highest BCUT2D eigenvalue weighted by atomic mass is 16.5. The second-order valence-electron chi connectivity index (χ2n) is 8.27. The molecular weight excluding hydrogens is 380 g/mol. The van der Waals surface area contributed by atoms with Gasteiger partial charge in [-0.25, -0.2) is 0 Å². The van der Waals surface area contributed by atoms with Crippen LogP contribution in [0.15, 0.2) is 30.5 Å². The average molecular weight is 413 g/mol. The lowest BCUT2D eigenvalue weighted by Crippen LogP contribution is -2.51. The lowest BCUT2D eigenvalue weighted by molar-refractivity contribution is -0.136. The van der Waals surface area contributed by atoms with Crippen molar-refractivity contribution in [3.8, 4) is 0 Å². The normalized spacial score (nSPS) is 18.8. The molecule has 0 unspecified atom stereocenters. The van der Waals surface area contributed by atoms with Crippen molar-refractivity contribution in [1.82, 2.24) is 19.3 Å². The van der Waals surface area contributed by atoms with E-state index in [-0.39, 0.29) is 11.7 Å². The summed E-state index contributed by atoms with van der Waals surface area (Å²) < 4.78 is 7.54. The number of carbonyl (C=O) groups excluding carboxylic acids is 2. The van der Waals surface area contributed by atoms with Crippen molar-refractivity contribution in [2.45, 2.75) is 19.9 Å². The van der Waals surface area contributed by atoms with Gasteiger partial charge in [0.2, 0.25) is 5.91 Å². The summed E-state index contributed by atoms with van der Waals surface area (Å²) in [6, 6.07) is 8.13. The van der Waals surface area contributed by atoms with Crippen molar-refractivity contribution in [2.75, 3.05) is 65.6 Å². The third kappa shape index (κ3) is 4.91. The van der Waals surface area contributed by atoms with Crippen molar-refractivity contribution in [2.24, 2.45) is 0 Å². The maximum atomic E-state index is 12.4. The van der Waals surface area contributed by atoms with Crippen LogP contribution < -0.4 is 0 Å². The first-order chi connectivity index (χ1) is 14.6. The number of rotatable bonds is 7. The van der Waals surface area contributed by atoms with Crippen LogP contribution in [0.4, 0.5) is 0 Å². The number of hydrogen-bond acceptors (Lipinski definition) is 5. The van der Waals surface area contributed by atoms with Crippen LogP contribution in [0.3, 0.4) is 0 Å². The maximum absolute atomic E-state index is 12.4. The Balaban J connectivity index is 1.22. The third-order valence-corrected chi connectivity index (χ3v) is 6.23. The Bertz CT molecular complexity index is 880. The minimum atomic E-state index is 0.118. The van der Waals surface area contributed by atoms with Crippen molar-refractivity contribution in [1.29, 1.82) is 0 Å². The summed E-state index contributed by atoms with van der Waals surface area (Å²) in [6.07, 6.45) is 3.05. The lowest BCUT2D eigenvalue weighted by Gasteiger charge is -2.36. The van der Waals surface area contributed by atoms with Gasteiger partial charge in [0.1, 0.15) is 0 Å². The largest absolute Gasteiger partial charge is 0.378 e. The Hall–Kier alpha value is -2.22. The first-order valence-electron chi connectivity index (χ1n) is 11.0. The van der Waals surface area contributed by atoms with Crippen molar-refractivity contribution in [3.63, 3.8) is 0 Å². The van der Waals surface area contributed by atoms with Crippen LogP contribution in [0.2, 0.25) is 0 Å². The number of aromatic nitrogens is 1. The van der Waals surface area contributed by atoms with Gasteiger partial charge in [0.05, 0.1) is 19.8 Å². The molecule has 4 rings (SSSR count). The number of amides is 1. The van der Waals surface area contributed by atoms with E-state index in [1.54, 1.807) is 6.92 Å². The number of morpholine rings is 1. The standard InChI is InChI=1S/C23H32N4O3/c1-19(28)21-17-27(22-6-3-2-5-20(21)22)8-4-7-24-9-11-25(12-10-24)18-23(29)26-13-15-30-16-14-26/h2-3,5-6,17H,4,7-16,18H2,1H3. The van der Waals surface area contributed by atoms with E-state index in [2.05, 4.69) is 20.4 Å². The molecule has 0 radical (unpaired) electrons. The number of ether oxygens (including phenoxy) is 1. The molecular formula is C23H32N4O3. The zero-order valence-electron chi connectivity index (χ0n) is 17.9. The van der Waals surface area contributed by atoms with E-state index in [0.717, 1.165) is 75.2 Å². The van der Waals surface area contributed by atoms with Gasteiger partial charge in [0.15, 0.2) is 5.78 Å². The van der Waals surface area contributed by atoms with Gasteiger partial charge < -0.3 is 19.1 Å². The fourth-order valence-electron chi connectivity index (χ4n) is 4.45. The van der Waals surface area contributed by atoms with E-state index in [1.807, 2.05) is 29.3 Å². The summed E-state index contributed by atoms with van der Waals surface area (Å²) in [5.41, 5.74) is 1.94. The molecule has 2 fully saturated rings. The van der Waals surface area contributed by atoms with Crippen LogP contribution in [-0.2, 0) is 16.1 Å². The van der Waals surface area contributed by atoms with Gasteiger partial charge in [0, 0.05) is 68.5 Å². The van der Waals surface area contributed by atoms with Crippen molar-refractivity contribution >= 4 is 22.6 Å². The van der Waals surface area contributed by atoms with Crippen LogP contribution in [0.5, 0.6) is 0 Å². The zero-order chi connectivity index (χ0) is 20.9. The first-order valence-corrected chi connectivity index (χ1v) is 11.0. The molecule has 1 amide bonds. The molecule has 7 nitrogen and oxygen atoms in total. The summed E-state index contributed by atoms with van der Waals surface area (Å²) in [4.78, 5) is 31.0. The highest BCUT2D eigenvalue weighted by Crippen LogP contribution is 2.22. The Kier molecular flexibility index (Phi) is 6.82. The number of Topliss-reactive ketones (excluding diaryl/α,β-unsaturated/α-hetero) is 1. The van der Waals surface area contributed by atoms with Gasteiger partial charge in [-0.05, 0) is 26.0 Å². The first kappa shape index (κ1) is 21.0. The monoisotopic (exact) mass is 412 g/mol. The highest BCUT2D eigenvalue weighted by Gasteiger charge is 2.22. The molecule has 2 saturated heterocycles.